The van der Waals surface area contributed by atoms with Crippen molar-refractivity contribution in [3.05, 3.63) is 35.9 Å². The van der Waals surface area contributed by atoms with Crippen molar-refractivity contribution in [1.82, 2.24) is 0 Å². The molecule has 0 radical (unpaired) electrons. The van der Waals surface area contributed by atoms with Gasteiger partial charge in [0.1, 0.15) is 0 Å². The Kier molecular flexibility index (Phi) is 5.75. The predicted molar refractivity (Wildman–Crippen MR) is 68.6 cm³/mol. The smallest absolute Gasteiger partial charge is 0.155 e. The van der Waals surface area contributed by atoms with E-state index in [-0.39, 0.29) is 5.92 Å². The van der Waals surface area contributed by atoms with E-state index in [0.29, 0.717) is 6.42 Å². The highest BCUT2D eigenvalue weighted by Crippen LogP contribution is 2.35. The second-order valence-corrected chi connectivity index (χ2v) is 4.69. The third kappa shape index (κ3) is 3.53. The number of aliphatic hydroxyl groups excluding tert-OH is 2. The zero-order valence-electron chi connectivity index (χ0n) is 10.8. The molecular formula is C14H22O4. The molecule has 102 valence electrons. The lowest BCUT2D eigenvalue weighted by atomic mass is 9.76. The highest BCUT2D eigenvalue weighted by atomic mass is 16.5. The lowest BCUT2D eigenvalue weighted by Gasteiger charge is -2.33. The largest absolute Gasteiger partial charge is 0.368 e. The maximum absolute atomic E-state index is 9.53. The molecule has 0 aliphatic heterocycles. The Morgan fingerprint density at radius 3 is 1.89 bits per heavy atom. The van der Waals surface area contributed by atoms with E-state index in [1.165, 1.54) is 0 Å². The van der Waals surface area contributed by atoms with Gasteiger partial charge in [0.05, 0.1) is 0 Å². The van der Waals surface area contributed by atoms with Crippen molar-refractivity contribution >= 4 is 0 Å². The molecule has 0 aliphatic carbocycles. The summed E-state index contributed by atoms with van der Waals surface area (Å²) < 4.78 is 0. The summed E-state index contributed by atoms with van der Waals surface area (Å²) in [4.78, 5) is 0. The van der Waals surface area contributed by atoms with Crippen molar-refractivity contribution in [2.24, 2.45) is 11.8 Å². The maximum atomic E-state index is 9.53. The van der Waals surface area contributed by atoms with Crippen molar-refractivity contribution in [3.8, 4) is 0 Å². The molecule has 0 saturated heterocycles. The van der Waals surface area contributed by atoms with Gasteiger partial charge in [-0.1, -0.05) is 44.2 Å². The van der Waals surface area contributed by atoms with Crippen LogP contribution in [0.25, 0.3) is 0 Å². The Labute approximate surface area is 108 Å². The van der Waals surface area contributed by atoms with Crippen LogP contribution >= 0.6 is 0 Å². The highest BCUT2D eigenvalue weighted by molar-refractivity contribution is 5.20. The van der Waals surface area contributed by atoms with Gasteiger partial charge >= 0.3 is 0 Å². The Bertz CT molecular complexity index is 337. The summed E-state index contributed by atoms with van der Waals surface area (Å²) in [5, 5.41) is 37.6. The van der Waals surface area contributed by atoms with Gasteiger partial charge in [0.25, 0.3) is 0 Å². The van der Waals surface area contributed by atoms with Gasteiger partial charge in [-0.25, -0.2) is 0 Å². The van der Waals surface area contributed by atoms with E-state index in [4.69, 9.17) is 0 Å². The molecule has 1 rings (SSSR count). The molecule has 0 bridgehead atoms. The predicted octanol–water partition coefficient (Wildman–Crippen LogP) is 1.05. The molecule has 0 spiro atoms. The van der Waals surface area contributed by atoms with Gasteiger partial charge in [-0.15, -0.1) is 0 Å². The molecule has 3 atom stereocenters. The van der Waals surface area contributed by atoms with Gasteiger partial charge in [0.15, 0.2) is 12.6 Å². The molecule has 4 nitrogen and oxygen atoms in total. The van der Waals surface area contributed by atoms with E-state index >= 15 is 0 Å². The SMILES string of the molecule is CCC(c1ccccc1)C(C(O)O)C(C)C(O)O. The highest BCUT2D eigenvalue weighted by Gasteiger charge is 2.35. The number of hydrogen-bond acceptors (Lipinski definition) is 4. The molecule has 18 heavy (non-hydrogen) atoms. The van der Waals surface area contributed by atoms with Crippen molar-refractivity contribution in [2.75, 3.05) is 0 Å². The van der Waals surface area contributed by atoms with E-state index in [2.05, 4.69) is 0 Å². The fraction of sp³-hybridized carbons (Fsp3) is 0.571. The number of benzene rings is 1. The fourth-order valence-electron chi connectivity index (χ4n) is 2.47. The monoisotopic (exact) mass is 254 g/mol. The standard InChI is InChI=1S/C14H22O4/c1-3-11(10-7-5-4-6-8-10)12(14(17)18)9(2)13(15)16/h4-9,11-18H,3H2,1-2H3. The van der Waals surface area contributed by atoms with Crippen LogP contribution in [0.3, 0.4) is 0 Å². The van der Waals surface area contributed by atoms with Gasteiger partial charge in [-0.05, 0) is 17.9 Å². The van der Waals surface area contributed by atoms with E-state index in [0.717, 1.165) is 5.56 Å². The lowest BCUT2D eigenvalue weighted by molar-refractivity contribution is -0.161. The van der Waals surface area contributed by atoms with E-state index in [9.17, 15) is 20.4 Å². The van der Waals surface area contributed by atoms with Crippen LogP contribution in [0.2, 0.25) is 0 Å². The zero-order chi connectivity index (χ0) is 13.7. The Hall–Kier alpha value is -0.940. The topological polar surface area (TPSA) is 80.9 Å². The van der Waals surface area contributed by atoms with Crippen molar-refractivity contribution in [1.29, 1.82) is 0 Å². The minimum Gasteiger partial charge on any atom is -0.368 e. The molecule has 1 aromatic rings. The first-order valence-electron chi connectivity index (χ1n) is 6.26. The molecule has 0 heterocycles. The first-order valence-corrected chi connectivity index (χ1v) is 6.26. The fourth-order valence-corrected chi connectivity index (χ4v) is 2.47. The van der Waals surface area contributed by atoms with Crippen molar-refractivity contribution < 1.29 is 20.4 Å². The average molecular weight is 254 g/mol. The average Bonchev–Trinajstić information content (AvgIpc) is 2.35. The Morgan fingerprint density at radius 2 is 1.50 bits per heavy atom. The number of rotatable bonds is 6. The molecule has 1 aromatic carbocycles. The molecule has 0 aromatic heterocycles. The first-order chi connectivity index (χ1) is 8.49. The van der Waals surface area contributed by atoms with Gasteiger partial charge < -0.3 is 20.4 Å². The summed E-state index contributed by atoms with van der Waals surface area (Å²) in [6, 6.07) is 9.50. The van der Waals surface area contributed by atoms with Gasteiger partial charge in [0.2, 0.25) is 0 Å². The van der Waals surface area contributed by atoms with Crippen molar-refractivity contribution in [2.45, 2.75) is 38.8 Å². The van der Waals surface area contributed by atoms with Gasteiger partial charge in [-0.3, -0.25) is 0 Å². The Balaban J connectivity index is 3.02. The van der Waals surface area contributed by atoms with Crippen LogP contribution in [-0.4, -0.2) is 33.0 Å². The van der Waals surface area contributed by atoms with Crippen LogP contribution < -0.4 is 0 Å². The molecular weight excluding hydrogens is 232 g/mol. The number of aliphatic hydroxyl groups is 4. The summed E-state index contributed by atoms with van der Waals surface area (Å²) in [5.41, 5.74) is 0.977. The van der Waals surface area contributed by atoms with Crippen molar-refractivity contribution in [3.63, 3.8) is 0 Å². The van der Waals surface area contributed by atoms with Crippen LogP contribution in [-0.2, 0) is 0 Å². The molecule has 0 fully saturated rings. The maximum Gasteiger partial charge on any atom is 0.155 e. The van der Waals surface area contributed by atoms with E-state index in [1.807, 2.05) is 37.3 Å². The van der Waals surface area contributed by atoms with Gasteiger partial charge in [-0.2, -0.15) is 0 Å². The first kappa shape index (κ1) is 15.1. The van der Waals surface area contributed by atoms with Crippen LogP contribution in [0, 0.1) is 11.8 Å². The van der Waals surface area contributed by atoms with Crippen LogP contribution in [0.15, 0.2) is 30.3 Å². The van der Waals surface area contributed by atoms with Crippen LogP contribution in [0.4, 0.5) is 0 Å². The molecule has 0 saturated carbocycles. The second-order valence-electron chi connectivity index (χ2n) is 4.69. The van der Waals surface area contributed by atoms with E-state index in [1.54, 1.807) is 6.92 Å². The van der Waals surface area contributed by atoms with E-state index < -0.39 is 24.4 Å². The van der Waals surface area contributed by atoms with Crippen LogP contribution in [0.1, 0.15) is 31.7 Å². The molecule has 0 aliphatic rings. The third-order valence-corrected chi connectivity index (χ3v) is 3.55. The summed E-state index contributed by atoms with van der Waals surface area (Å²) in [5.74, 6) is -1.35. The summed E-state index contributed by atoms with van der Waals surface area (Å²) >= 11 is 0. The normalized spacial score (nSPS) is 16.9. The summed E-state index contributed by atoms with van der Waals surface area (Å²) in [7, 11) is 0. The van der Waals surface area contributed by atoms with Gasteiger partial charge in [0, 0.05) is 11.8 Å². The molecule has 4 N–H and O–H groups in total. The molecule has 4 heteroatoms. The minimum atomic E-state index is -1.58. The Morgan fingerprint density at radius 1 is 0.944 bits per heavy atom. The molecule has 0 amide bonds. The summed E-state index contributed by atoms with van der Waals surface area (Å²) in [6.45, 7) is 3.56. The quantitative estimate of drug-likeness (QED) is 0.572. The zero-order valence-corrected chi connectivity index (χ0v) is 10.8. The third-order valence-electron chi connectivity index (χ3n) is 3.55. The number of hydrogen-bond donors (Lipinski definition) is 4. The van der Waals surface area contributed by atoms with Crippen LogP contribution in [0.5, 0.6) is 0 Å². The second kappa shape index (κ2) is 6.85. The summed E-state index contributed by atoms with van der Waals surface area (Å²) in [6.07, 6.45) is -2.44. The minimum absolute atomic E-state index is 0.122. The lowest BCUT2D eigenvalue weighted by Crippen LogP contribution is -2.37. The molecule has 3 unspecified atom stereocenters.